The lowest BCUT2D eigenvalue weighted by atomic mass is 10.1. The smallest absolute Gasteiger partial charge is 0.327 e. The Hall–Kier alpha value is -2.89. The quantitative estimate of drug-likeness (QED) is 0.640. The van der Waals surface area contributed by atoms with Gasteiger partial charge in [0.05, 0.1) is 6.54 Å². The van der Waals surface area contributed by atoms with Crippen LogP contribution in [0.2, 0.25) is 0 Å². The minimum atomic E-state index is -0.262. The van der Waals surface area contributed by atoms with Crippen molar-refractivity contribution in [1.82, 2.24) is 9.80 Å². The first-order valence-electron chi connectivity index (χ1n) is 7.93. The average molecular weight is 324 g/mol. The summed E-state index contributed by atoms with van der Waals surface area (Å²) in [6, 6.07) is 10.3. The van der Waals surface area contributed by atoms with Crippen LogP contribution in [-0.2, 0) is 11.3 Å². The van der Waals surface area contributed by atoms with Crippen molar-refractivity contribution in [2.45, 2.75) is 25.4 Å². The summed E-state index contributed by atoms with van der Waals surface area (Å²) < 4.78 is 5.38. The number of fused-ring (bicyclic) bond motifs is 1. The average Bonchev–Trinajstić information content (AvgIpc) is 3.31. The topological polar surface area (TPSA) is 70.8 Å². The Labute approximate surface area is 138 Å². The van der Waals surface area contributed by atoms with Crippen molar-refractivity contribution in [3.63, 3.8) is 0 Å². The summed E-state index contributed by atoms with van der Waals surface area (Å²) in [7, 11) is 0. The summed E-state index contributed by atoms with van der Waals surface area (Å²) in [5.74, 6) is 0.795. The van der Waals surface area contributed by atoms with Gasteiger partial charge < -0.3 is 9.32 Å². The highest BCUT2D eigenvalue weighted by atomic mass is 16.3. The third-order valence-electron chi connectivity index (χ3n) is 4.60. The van der Waals surface area contributed by atoms with E-state index in [0.717, 1.165) is 24.0 Å². The van der Waals surface area contributed by atoms with Crippen LogP contribution in [-0.4, -0.2) is 40.6 Å². The standard InChI is InChI=1S/C18H16N2O4/c21-11-14-7-8-16(24-14)13-5-3-12(4-6-13)10-20-17(22)15-2-1-9-19(15)18(20)23/h3-8,11,15H,1-2,9-10H2. The number of amides is 3. The molecule has 6 heteroatoms. The molecular weight excluding hydrogens is 308 g/mol. The molecule has 0 N–H and O–H groups in total. The van der Waals surface area contributed by atoms with Gasteiger partial charge in [-0.3, -0.25) is 14.5 Å². The van der Waals surface area contributed by atoms with Crippen molar-refractivity contribution in [3.05, 3.63) is 47.7 Å². The van der Waals surface area contributed by atoms with Crippen LogP contribution >= 0.6 is 0 Å². The molecule has 4 rings (SSSR count). The number of carbonyl (C=O) groups is 3. The van der Waals surface area contributed by atoms with E-state index in [-0.39, 0.29) is 30.3 Å². The zero-order chi connectivity index (χ0) is 16.7. The molecule has 3 amide bonds. The van der Waals surface area contributed by atoms with E-state index in [0.29, 0.717) is 18.6 Å². The molecule has 2 aliphatic rings. The minimum absolute atomic E-state index is 0.0942. The van der Waals surface area contributed by atoms with E-state index < -0.39 is 0 Å². The van der Waals surface area contributed by atoms with Gasteiger partial charge in [0, 0.05) is 12.1 Å². The number of rotatable bonds is 4. The van der Waals surface area contributed by atoms with Crippen LogP contribution < -0.4 is 0 Å². The number of urea groups is 1. The molecule has 122 valence electrons. The number of carbonyl (C=O) groups excluding carboxylic acids is 3. The Morgan fingerprint density at radius 2 is 1.92 bits per heavy atom. The van der Waals surface area contributed by atoms with Crippen LogP contribution in [0.15, 0.2) is 40.8 Å². The fourth-order valence-corrected chi connectivity index (χ4v) is 3.36. The van der Waals surface area contributed by atoms with Crippen molar-refractivity contribution >= 4 is 18.2 Å². The second-order valence-corrected chi connectivity index (χ2v) is 6.08. The Kier molecular flexibility index (Phi) is 3.45. The molecule has 0 radical (unpaired) electrons. The van der Waals surface area contributed by atoms with Gasteiger partial charge in [0.15, 0.2) is 12.0 Å². The molecule has 1 atom stereocenters. The Bertz CT molecular complexity index is 787. The maximum Gasteiger partial charge on any atom is 0.327 e. The van der Waals surface area contributed by atoms with E-state index in [1.165, 1.54) is 4.90 Å². The number of benzene rings is 1. The highest BCUT2D eigenvalue weighted by Crippen LogP contribution is 2.29. The highest BCUT2D eigenvalue weighted by molar-refractivity contribution is 6.04. The molecule has 1 aromatic carbocycles. The van der Waals surface area contributed by atoms with Crippen LogP contribution in [0, 0.1) is 0 Å². The van der Waals surface area contributed by atoms with Gasteiger partial charge >= 0.3 is 6.03 Å². The van der Waals surface area contributed by atoms with Crippen molar-refractivity contribution < 1.29 is 18.8 Å². The summed E-state index contributed by atoms with van der Waals surface area (Å²) >= 11 is 0. The van der Waals surface area contributed by atoms with E-state index in [1.54, 1.807) is 17.0 Å². The SMILES string of the molecule is O=Cc1ccc(-c2ccc(CN3C(=O)C4CCCN4C3=O)cc2)o1. The van der Waals surface area contributed by atoms with E-state index in [4.69, 9.17) is 4.42 Å². The zero-order valence-electron chi connectivity index (χ0n) is 13.0. The zero-order valence-corrected chi connectivity index (χ0v) is 13.0. The normalized spacial score (nSPS) is 19.9. The van der Waals surface area contributed by atoms with Crippen LogP contribution in [0.4, 0.5) is 4.79 Å². The summed E-state index contributed by atoms with van der Waals surface area (Å²) in [6.07, 6.45) is 2.32. The maximum absolute atomic E-state index is 12.3. The Morgan fingerprint density at radius 1 is 1.12 bits per heavy atom. The predicted molar refractivity (Wildman–Crippen MR) is 85.2 cm³/mol. The number of furan rings is 1. The van der Waals surface area contributed by atoms with Crippen LogP contribution in [0.3, 0.4) is 0 Å². The summed E-state index contributed by atoms with van der Waals surface area (Å²) in [4.78, 5) is 38.3. The summed E-state index contributed by atoms with van der Waals surface area (Å²) in [5, 5.41) is 0. The molecule has 2 aromatic rings. The van der Waals surface area contributed by atoms with Gasteiger partial charge in [0.25, 0.3) is 5.91 Å². The first-order chi connectivity index (χ1) is 11.7. The largest absolute Gasteiger partial charge is 0.453 e. The number of hydrogen-bond donors (Lipinski definition) is 0. The number of nitrogens with zero attached hydrogens (tertiary/aromatic N) is 2. The number of hydrogen-bond acceptors (Lipinski definition) is 4. The van der Waals surface area contributed by atoms with E-state index >= 15 is 0 Å². The fourth-order valence-electron chi connectivity index (χ4n) is 3.36. The first kappa shape index (κ1) is 14.7. The fraction of sp³-hybridized carbons (Fsp3) is 0.278. The molecule has 1 unspecified atom stereocenters. The molecule has 0 bridgehead atoms. The molecule has 3 heterocycles. The molecular formula is C18H16N2O4. The van der Waals surface area contributed by atoms with Gasteiger partial charge in [-0.05, 0) is 30.5 Å². The molecule has 0 aliphatic carbocycles. The minimum Gasteiger partial charge on any atom is -0.453 e. The lowest BCUT2D eigenvalue weighted by Gasteiger charge is -2.15. The Balaban J connectivity index is 1.50. The number of aldehydes is 1. The van der Waals surface area contributed by atoms with Crippen LogP contribution in [0.25, 0.3) is 11.3 Å². The second kappa shape index (κ2) is 5.63. The van der Waals surface area contributed by atoms with Gasteiger partial charge in [-0.15, -0.1) is 0 Å². The van der Waals surface area contributed by atoms with Crippen LogP contribution in [0.1, 0.15) is 29.0 Å². The second-order valence-electron chi connectivity index (χ2n) is 6.08. The molecule has 2 fully saturated rings. The monoisotopic (exact) mass is 324 g/mol. The van der Waals surface area contributed by atoms with E-state index in [1.807, 2.05) is 24.3 Å². The maximum atomic E-state index is 12.3. The molecule has 2 aliphatic heterocycles. The van der Waals surface area contributed by atoms with E-state index in [9.17, 15) is 14.4 Å². The lowest BCUT2D eigenvalue weighted by molar-refractivity contribution is -0.128. The van der Waals surface area contributed by atoms with Crippen molar-refractivity contribution in [3.8, 4) is 11.3 Å². The van der Waals surface area contributed by atoms with Gasteiger partial charge in [0.2, 0.25) is 0 Å². The highest BCUT2D eigenvalue weighted by Gasteiger charge is 2.47. The van der Waals surface area contributed by atoms with Crippen molar-refractivity contribution in [2.24, 2.45) is 0 Å². The van der Waals surface area contributed by atoms with Gasteiger partial charge in [-0.1, -0.05) is 24.3 Å². The molecule has 1 aromatic heterocycles. The molecule has 0 spiro atoms. The predicted octanol–water partition coefficient (Wildman–Crippen LogP) is 2.69. The van der Waals surface area contributed by atoms with Crippen LogP contribution in [0.5, 0.6) is 0 Å². The van der Waals surface area contributed by atoms with Crippen molar-refractivity contribution in [1.29, 1.82) is 0 Å². The van der Waals surface area contributed by atoms with E-state index in [2.05, 4.69) is 0 Å². The third-order valence-corrected chi connectivity index (χ3v) is 4.60. The molecule has 0 saturated carbocycles. The van der Waals surface area contributed by atoms with Gasteiger partial charge in [0.1, 0.15) is 11.8 Å². The molecule has 6 nitrogen and oxygen atoms in total. The summed E-state index contributed by atoms with van der Waals surface area (Å²) in [6.45, 7) is 0.949. The molecule has 24 heavy (non-hydrogen) atoms. The molecule has 2 saturated heterocycles. The first-order valence-corrected chi connectivity index (χ1v) is 7.93. The Morgan fingerprint density at radius 3 is 2.58 bits per heavy atom. The van der Waals surface area contributed by atoms with Gasteiger partial charge in [-0.25, -0.2) is 4.79 Å². The number of imide groups is 1. The van der Waals surface area contributed by atoms with Gasteiger partial charge in [-0.2, -0.15) is 0 Å². The summed E-state index contributed by atoms with van der Waals surface area (Å²) in [5.41, 5.74) is 1.72. The third kappa shape index (κ3) is 2.31. The lowest BCUT2D eigenvalue weighted by Crippen LogP contribution is -2.32. The van der Waals surface area contributed by atoms with Crippen molar-refractivity contribution in [2.75, 3.05) is 6.54 Å².